The van der Waals surface area contributed by atoms with Gasteiger partial charge in [0.2, 0.25) is 0 Å². The molecule has 1 aliphatic heterocycles. The fourth-order valence-electron chi connectivity index (χ4n) is 2.41. The summed E-state index contributed by atoms with van der Waals surface area (Å²) in [4.78, 5) is 24.2. The zero-order chi connectivity index (χ0) is 16.6. The van der Waals surface area contributed by atoms with Crippen molar-refractivity contribution in [1.29, 1.82) is 0 Å². The molecule has 118 valence electrons. The first-order valence-electron chi connectivity index (χ1n) is 6.90. The molecule has 2 amide bonds. The first-order valence-corrected chi connectivity index (χ1v) is 7.33. The maximum atomic E-state index is 12.2. The lowest BCUT2D eigenvalue weighted by atomic mass is 9.95. The second-order valence-electron chi connectivity index (χ2n) is 5.21. The lowest BCUT2D eigenvalue weighted by Gasteiger charge is -2.43. The second-order valence-corrected chi connectivity index (χ2v) is 5.68. The van der Waals surface area contributed by atoms with Gasteiger partial charge < -0.3 is 10.8 Å². The summed E-state index contributed by atoms with van der Waals surface area (Å²) in [6.45, 7) is 0. The van der Waals surface area contributed by atoms with Crippen molar-refractivity contribution in [1.82, 2.24) is 10.4 Å². The maximum absolute atomic E-state index is 12.2. The molecule has 7 heteroatoms. The Kier molecular flexibility index (Phi) is 3.83. The highest BCUT2D eigenvalue weighted by Crippen LogP contribution is 2.38. The third-order valence-electron chi connectivity index (χ3n) is 3.64. The van der Waals surface area contributed by atoms with Crippen LogP contribution in [0.15, 0.2) is 48.5 Å². The molecule has 4 N–H and O–H groups in total. The number of benzene rings is 2. The van der Waals surface area contributed by atoms with E-state index in [0.717, 1.165) is 0 Å². The molecule has 0 radical (unpaired) electrons. The van der Waals surface area contributed by atoms with Crippen molar-refractivity contribution in [2.45, 2.75) is 11.4 Å². The summed E-state index contributed by atoms with van der Waals surface area (Å²) in [6.07, 6.45) is 0. The van der Waals surface area contributed by atoms with E-state index in [0.29, 0.717) is 16.8 Å². The molecular formula is C16H14ClN3O3. The number of hydrazine groups is 1. The zero-order valence-electron chi connectivity index (χ0n) is 11.9. The van der Waals surface area contributed by atoms with Gasteiger partial charge in [-0.15, -0.1) is 11.6 Å². The lowest BCUT2D eigenvalue weighted by Crippen LogP contribution is -2.63. The topological polar surface area (TPSA) is 95.7 Å². The number of nitrogens with one attached hydrogen (secondary N) is 1. The first kappa shape index (κ1) is 15.2. The summed E-state index contributed by atoms with van der Waals surface area (Å²) >= 11 is 6.06. The molecule has 23 heavy (non-hydrogen) atoms. The van der Waals surface area contributed by atoms with Gasteiger partial charge in [0.05, 0.1) is 0 Å². The number of nitrogens with two attached hydrogens (primary N) is 1. The van der Waals surface area contributed by atoms with Crippen LogP contribution in [0.2, 0.25) is 0 Å². The number of aromatic hydroxyl groups is 1. The third-order valence-corrected chi connectivity index (χ3v) is 4.06. The summed E-state index contributed by atoms with van der Waals surface area (Å²) in [7, 11) is 0. The average molecular weight is 332 g/mol. The summed E-state index contributed by atoms with van der Waals surface area (Å²) in [5, 5.41) is 9.94. The van der Waals surface area contributed by atoms with Crippen molar-refractivity contribution in [2.24, 2.45) is 0 Å². The van der Waals surface area contributed by atoms with Crippen LogP contribution < -0.4 is 11.2 Å². The normalized spacial score (nSPS) is 20.0. The quantitative estimate of drug-likeness (QED) is 0.454. The SMILES string of the molecule is Nc1ccc(C(=O)NN2C(=O)C(Cl)C2c2cccc(O)c2)cc1. The first-order chi connectivity index (χ1) is 11.0. The smallest absolute Gasteiger partial charge is 0.269 e. The molecule has 1 fully saturated rings. The highest BCUT2D eigenvalue weighted by Gasteiger charge is 2.48. The number of nitrogens with zero attached hydrogens (tertiary/aromatic N) is 1. The van der Waals surface area contributed by atoms with Crippen molar-refractivity contribution in [2.75, 3.05) is 5.73 Å². The summed E-state index contributed by atoms with van der Waals surface area (Å²) < 4.78 is 0. The van der Waals surface area contributed by atoms with Crippen LogP contribution in [0, 0.1) is 0 Å². The molecule has 0 spiro atoms. The van der Waals surface area contributed by atoms with Crippen molar-refractivity contribution in [3.8, 4) is 5.75 Å². The van der Waals surface area contributed by atoms with Crippen molar-refractivity contribution < 1.29 is 14.7 Å². The molecule has 2 aromatic rings. The highest BCUT2D eigenvalue weighted by molar-refractivity contribution is 6.33. The predicted molar refractivity (Wildman–Crippen MR) is 85.7 cm³/mol. The molecule has 1 aliphatic rings. The number of alkyl halides is 1. The van der Waals surface area contributed by atoms with E-state index in [2.05, 4.69) is 5.43 Å². The largest absolute Gasteiger partial charge is 0.508 e. The van der Waals surface area contributed by atoms with Crippen molar-refractivity contribution >= 4 is 29.1 Å². The number of phenolic OH excluding ortho intramolecular Hbond substituents is 1. The Bertz CT molecular complexity index is 763. The fraction of sp³-hybridized carbons (Fsp3) is 0.125. The minimum absolute atomic E-state index is 0.0653. The summed E-state index contributed by atoms with van der Waals surface area (Å²) in [6, 6.07) is 12.2. The van der Waals surface area contributed by atoms with Crippen molar-refractivity contribution in [3.63, 3.8) is 0 Å². The number of halogens is 1. The van der Waals surface area contributed by atoms with Crippen LogP contribution in [-0.4, -0.2) is 27.3 Å². The summed E-state index contributed by atoms with van der Waals surface area (Å²) in [5.41, 5.74) is 9.68. The Morgan fingerprint density at radius 2 is 1.91 bits per heavy atom. The fourth-order valence-corrected chi connectivity index (χ4v) is 2.78. The Morgan fingerprint density at radius 3 is 2.57 bits per heavy atom. The Balaban J connectivity index is 1.79. The Morgan fingerprint density at radius 1 is 1.22 bits per heavy atom. The number of nitrogen functional groups attached to an aromatic ring is 1. The predicted octanol–water partition coefficient (Wildman–Crippen LogP) is 1.81. The van der Waals surface area contributed by atoms with Crippen LogP contribution in [0.25, 0.3) is 0 Å². The average Bonchev–Trinajstić information content (AvgIpc) is 2.54. The van der Waals surface area contributed by atoms with Gasteiger partial charge >= 0.3 is 0 Å². The third kappa shape index (κ3) is 2.80. The number of carbonyl (C=O) groups is 2. The van der Waals surface area contributed by atoms with Gasteiger partial charge in [0.25, 0.3) is 11.8 Å². The highest BCUT2D eigenvalue weighted by atomic mass is 35.5. The number of anilines is 1. The van der Waals surface area contributed by atoms with E-state index in [-0.39, 0.29) is 5.75 Å². The van der Waals surface area contributed by atoms with Gasteiger partial charge in [-0.3, -0.25) is 15.0 Å². The van der Waals surface area contributed by atoms with E-state index in [1.165, 1.54) is 17.1 Å². The zero-order valence-corrected chi connectivity index (χ0v) is 12.7. The van der Waals surface area contributed by atoms with E-state index in [4.69, 9.17) is 17.3 Å². The van der Waals surface area contributed by atoms with Gasteiger partial charge in [-0.25, -0.2) is 5.01 Å². The molecule has 0 aliphatic carbocycles. The van der Waals surface area contributed by atoms with Crippen LogP contribution in [0.5, 0.6) is 5.75 Å². The van der Waals surface area contributed by atoms with Crippen LogP contribution in [0.4, 0.5) is 5.69 Å². The van der Waals surface area contributed by atoms with E-state index in [1.807, 2.05) is 0 Å². The number of rotatable bonds is 3. The summed E-state index contributed by atoms with van der Waals surface area (Å²) in [5.74, 6) is -0.772. The molecule has 0 saturated carbocycles. The van der Waals surface area contributed by atoms with Gasteiger partial charge in [0, 0.05) is 11.3 Å². The van der Waals surface area contributed by atoms with Gasteiger partial charge in [-0.05, 0) is 42.0 Å². The maximum Gasteiger partial charge on any atom is 0.269 e. The molecule has 0 bridgehead atoms. The van der Waals surface area contributed by atoms with E-state index in [9.17, 15) is 14.7 Å². The van der Waals surface area contributed by atoms with Crippen molar-refractivity contribution in [3.05, 3.63) is 59.7 Å². The number of amides is 2. The van der Waals surface area contributed by atoms with Gasteiger partial charge in [-0.2, -0.15) is 0 Å². The van der Waals surface area contributed by atoms with Crippen LogP contribution >= 0.6 is 11.6 Å². The monoisotopic (exact) mass is 331 g/mol. The molecule has 1 heterocycles. The van der Waals surface area contributed by atoms with E-state index < -0.39 is 23.2 Å². The van der Waals surface area contributed by atoms with Crippen LogP contribution in [-0.2, 0) is 4.79 Å². The van der Waals surface area contributed by atoms with Gasteiger partial charge in [0.15, 0.2) is 0 Å². The van der Waals surface area contributed by atoms with Gasteiger partial charge in [0.1, 0.15) is 17.2 Å². The molecular weight excluding hydrogens is 318 g/mol. The lowest BCUT2D eigenvalue weighted by molar-refractivity contribution is -0.149. The molecule has 3 rings (SSSR count). The molecule has 0 aromatic heterocycles. The Hall–Kier alpha value is -2.73. The molecule has 2 unspecified atom stereocenters. The van der Waals surface area contributed by atoms with E-state index in [1.54, 1.807) is 36.4 Å². The number of hydrogen-bond donors (Lipinski definition) is 3. The number of β-lactam (4-membered cyclic amide) rings is 1. The van der Waals surface area contributed by atoms with Crippen LogP contribution in [0.1, 0.15) is 22.0 Å². The number of phenols is 1. The Labute approximate surface area is 137 Å². The molecule has 2 atom stereocenters. The minimum Gasteiger partial charge on any atom is -0.508 e. The van der Waals surface area contributed by atoms with Gasteiger partial charge in [-0.1, -0.05) is 12.1 Å². The number of carbonyl (C=O) groups excluding carboxylic acids is 2. The molecule has 1 saturated heterocycles. The second kappa shape index (κ2) is 5.81. The standard InChI is InChI=1S/C16H14ClN3O3/c17-13-14(10-2-1-3-12(21)8-10)20(16(13)23)19-15(22)9-4-6-11(18)7-5-9/h1-8,13-14,21H,18H2,(H,19,22). The number of hydrogen-bond acceptors (Lipinski definition) is 4. The minimum atomic E-state index is -0.788. The van der Waals surface area contributed by atoms with Crippen LogP contribution in [0.3, 0.4) is 0 Å². The molecule has 6 nitrogen and oxygen atoms in total. The molecule has 2 aromatic carbocycles. The van der Waals surface area contributed by atoms with E-state index >= 15 is 0 Å².